The molecule has 0 unspecified atom stereocenters. The summed E-state index contributed by atoms with van der Waals surface area (Å²) in [6, 6.07) is 0. The lowest BCUT2D eigenvalue weighted by Crippen LogP contribution is -2.41. The zero-order chi connectivity index (χ0) is 11.5. The van der Waals surface area contributed by atoms with Gasteiger partial charge in [-0.3, -0.25) is 0 Å². The van der Waals surface area contributed by atoms with Gasteiger partial charge in [0.25, 0.3) is 0 Å². The summed E-state index contributed by atoms with van der Waals surface area (Å²) in [6.07, 6.45) is 3.29. The van der Waals surface area contributed by atoms with Crippen molar-refractivity contribution in [3.63, 3.8) is 0 Å². The zero-order valence-electron chi connectivity index (χ0n) is 10.1. The van der Waals surface area contributed by atoms with Gasteiger partial charge in [-0.2, -0.15) is 4.89 Å². The quantitative estimate of drug-likeness (QED) is 0.449. The number of hydrogen-bond donors (Lipinski definition) is 1. The van der Waals surface area contributed by atoms with Crippen molar-refractivity contribution in [2.45, 2.75) is 52.2 Å². The van der Waals surface area contributed by atoms with Crippen molar-refractivity contribution in [2.24, 2.45) is 11.3 Å². The smallest absolute Gasteiger partial charge is 0.233 e. The van der Waals surface area contributed by atoms with Gasteiger partial charge in [0.05, 0.1) is 7.11 Å². The molecule has 1 aliphatic carbocycles. The van der Waals surface area contributed by atoms with Crippen LogP contribution < -0.4 is 0 Å². The van der Waals surface area contributed by atoms with Crippen LogP contribution in [0.2, 0.25) is 0 Å². The molecule has 0 aliphatic heterocycles. The van der Waals surface area contributed by atoms with Gasteiger partial charge in [0, 0.05) is 12.8 Å². The number of rotatable bonds is 3. The van der Waals surface area contributed by atoms with Crippen LogP contribution in [0.4, 0.5) is 0 Å². The third-order valence-corrected chi connectivity index (χ3v) is 3.37. The molecule has 0 bridgehead atoms. The Bertz CT molecular complexity index is 189. The first kappa shape index (κ1) is 12.9. The Balaban J connectivity index is 2.53. The lowest BCUT2D eigenvalue weighted by Gasteiger charge is -2.40. The lowest BCUT2D eigenvalue weighted by molar-refractivity contribution is -0.500. The molecule has 1 rings (SSSR count). The number of hydrogen-bond acceptors (Lipinski definition) is 4. The molecule has 1 N–H and O–H groups in total. The fraction of sp³-hybridized carbons (Fsp3) is 1.00. The van der Waals surface area contributed by atoms with Crippen molar-refractivity contribution in [3.8, 4) is 0 Å². The van der Waals surface area contributed by atoms with E-state index in [0.717, 1.165) is 12.8 Å². The second-order valence-corrected chi connectivity index (χ2v) is 5.39. The summed E-state index contributed by atoms with van der Waals surface area (Å²) in [4.78, 5) is 14.1. The van der Waals surface area contributed by atoms with Crippen LogP contribution in [-0.2, 0) is 14.7 Å². The van der Waals surface area contributed by atoms with E-state index in [0.29, 0.717) is 24.2 Å². The predicted octanol–water partition coefficient (Wildman–Crippen LogP) is 2.99. The third-order valence-electron chi connectivity index (χ3n) is 3.37. The lowest BCUT2D eigenvalue weighted by atomic mass is 9.71. The molecule has 1 saturated carbocycles. The van der Waals surface area contributed by atoms with Crippen molar-refractivity contribution < 1.29 is 19.9 Å². The maximum atomic E-state index is 8.86. The van der Waals surface area contributed by atoms with Crippen molar-refractivity contribution in [1.82, 2.24) is 0 Å². The molecular weight excluding hydrogens is 196 g/mol. The molecule has 0 saturated heterocycles. The fourth-order valence-electron chi connectivity index (χ4n) is 2.27. The molecule has 4 nitrogen and oxygen atoms in total. The van der Waals surface area contributed by atoms with Crippen LogP contribution >= 0.6 is 0 Å². The Morgan fingerprint density at radius 1 is 1.20 bits per heavy atom. The van der Waals surface area contributed by atoms with E-state index in [1.54, 1.807) is 0 Å². The second-order valence-electron chi connectivity index (χ2n) is 5.39. The minimum Gasteiger partial charge on any atom is -0.249 e. The zero-order valence-corrected chi connectivity index (χ0v) is 10.1. The molecule has 1 fully saturated rings. The van der Waals surface area contributed by atoms with Crippen molar-refractivity contribution >= 4 is 0 Å². The molecule has 0 aromatic carbocycles. The first-order valence-electron chi connectivity index (χ1n) is 5.48. The van der Waals surface area contributed by atoms with Crippen LogP contribution in [0.15, 0.2) is 0 Å². The summed E-state index contributed by atoms with van der Waals surface area (Å²) in [7, 11) is 1.43. The molecule has 0 amide bonds. The Kier molecular flexibility index (Phi) is 4.12. The molecule has 0 atom stereocenters. The molecule has 0 aromatic rings. The van der Waals surface area contributed by atoms with E-state index >= 15 is 0 Å². The van der Waals surface area contributed by atoms with Gasteiger partial charge >= 0.3 is 0 Å². The van der Waals surface area contributed by atoms with Gasteiger partial charge in [0.15, 0.2) is 0 Å². The highest BCUT2D eigenvalue weighted by atomic mass is 17.3. The van der Waals surface area contributed by atoms with E-state index in [9.17, 15) is 0 Å². The van der Waals surface area contributed by atoms with E-state index in [2.05, 4.69) is 30.5 Å². The summed E-state index contributed by atoms with van der Waals surface area (Å²) in [5, 5.41) is 8.86. The summed E-state index contributed by atoms with van der Waals surface area (Å²) in [5.41, 5.74) is 0.300. The van der Waals surface area contributed by atoms with Crippen molar-refractivity contribution in [1.29, 1.82) is 0 Å². The van der Waals surface area contributed by atoms with E-state index in [-0.39, 0.29) is 0 Å². The Hall–Kier alpha value is -0.160. The molecule has 4 heteroatoms. The van der Waals surface area contributed by atoms with Crippen molar-refractivity contribution in [2.75, 3.05) is 7.11 Å². The summed E-state index contributed by atoms with van der Waals surface area (Å²) in [6.45, 7) is 6.71. The third kappa shape index (κ3) is 3.14. The van der Waals surface area contributed by atoms with Gasteiger partial charge in [-0.1, -0.05) is 20.8 Å². The molecule has 90 valence electrons. The SMILES string of the molecule is COOC1(OO)CCC(C(C)(C)C)CC1. The minimum atomic E-state index is -0.948. The maximum absolute atomic E-state index is 8.86. The van der Waals surface area contributed by atoms with Crippen LogP contribution in [-0.4, -0.2) is 18.2 Å². The van der Waals surface area contributed by atoms with Crippen LogP contribution in [0.1, 0.15) is 46.5 Å². The van der Waals surface area contributed by atoms with Gasteiger partial charge in [-0.15, -0.1) is 0 Å². The average molecular weight is 218 g/mol. The highest BCUT2D eigenvalue weighted by molar-refractivity contribution is 4.84. The molecular formula is C11H22O4. The minimum absolute atomic E-state index is 0.300. The largest absolute Gasteiger partial charge is 0.249 e. The van der Waals surface area contributed by atoms with Crippen LogP contribution in [0.3, 0.4) is 0 Å². The molecule has 0 aromatic heterocycles. The molecule has 1 aliphatic rings. The predicted molar refractivity (Wildman–Crippen MR) is 56.0 cm³/mol. The Morgan fingerprint density at radius 2 is 1.73 bits per heavy atom. The van der Waals surface area contributed by atoms with E-state index in [1.165, 1.54) is 7.11 Å². The topological polar surface area (TPSA) is 47.9 Å². The Morgan fingerprint density at radius 3 is 2.07 bits per heavy atom. The van der Waals surface area contributed by atoms with E-state index in [4.69, 9.17) is 10.1 Å². The fourth-order valence-corrected chi connectivity index (χ4v) is 2.27. The normalized spacial score (nSPS) is 33.0. The van der Waals surface area contributed by atoms with Crippen LogP contribution in [0.25, 0.3) is 0 Å². The second kappa shape index (κ2) is 4.78. The highest BCUT2D eigenvalue weighted by Crippen LogP contribution is 2.42. The Labute approximate surface area is 91.4 Å². The first-order chi connectivity index (χ1) is 6.93. The van der Waals surface area contributed by atoms with Gasteiger partial charge in [0.2, 0.25) is 5.79 Å². The highest BCUT2D eigenvalue weighted by Gasteiger charge is 2.42. The molecule has 0 heterocycles. The van der Waals surface area contributed by atoms with Gasteiger partial charge in [-0.25, -0.2) is 15.0 Å². The standard InChI is InChI=1S/C11H22O4/c1-10(2,3)9-5-7-11(14-12,8-6-9)15-13-4/h9,12H,5-8H2,1-4H3. The van der Waals surface area contributed by atoms with E-state index < -0.39 is 5.79 Å². The van der Waals surface area contributed by atoms with Gasteiger partial charge in [-0.05, 0) is 24.2 Å². The molecule has 15 heavy (non-hydrogen) atoms. The van der Waals surface area contributed by atoms with Crippen molar-refractivity contribution in [3.05, 3.63) is 0 Å². The monoisotopic (exact) mass is 218 g/mol. The van der Waals surface area contributed by atoms with Gasteiger partial charge in [0.1, 0.15) is 0 Å². The van der Waals surface area contributed by atoms with Crippen LogP contribution in [0.5, 0.6) is 0 Å². The summed E-state index contributed by atoms with van der Waals surface area (Å²) < 4.78 is 0. The molecule has 0 radical (unpaired) electrons. The maximum Gasteiger partial charge on any atom is 0.233 e. The molecule has 0 spiro atoms. The van der Waals surface area contributed by atoms with Gasteiger partial charge < -0.3 is 0 Å². The average Bonchev–Trinajstić information content (AvgIpc) is 2.17. The summed E-state index contributed by atoms with van der Waals surface area (Å²) in [5.74, 6) is -0.308. The van der Waals surface area contributed by atoms with Crippen LogP contribution in [0, 0.1) is 11.3 Å². The van der Waals surface area contributed by atoms with E-state index in [1.807, 2.05) is 0 Å². The first-order valence-corrected chi connectivity index (χ1v) is 5.48. The summed E-state index contributed by atoms with van der Waals surface area (Å²) >= 11 is 0.